The fourth-order valence-corrected chi connectivity index (χ4v) is 3.18. The minimum atomic E-state index is -4.50. The first-order chi connectivity index (χ1) is 16.1. The third-order valence-corrected chi connectivity index (χ3v) is 5.19. The van der Waals surface area contributed by atoms with Crippen molar-refractivity contribution in [2.45, 2.75) is 5.09 Å². The van der Waals surface area contributed by atoms with Crippen LogP contribution in [0.1, 0.15) is 21.7 Å². The second-order valence-corrected chi connectivity index (χ2v) is 8.55. The molecule has 2 amide bonds. The van der Waals surface area contributed by atoms with Gasteiger partial charge in [-0.2, -0.15) is 13.5 Å². The van der Waals surface area contributed by atoms with Crippen LogP contribution in [0.2, 0.25) is 0 Å². The summed E-state index contributed by atoms with van der Waals surface area (Å²) in [5.41, 5.74) is 4.17. The van der Waals surface area contributed by atoms with E-state index in [-0.39, 0.29) is 11.5 Å². The first-order valence-corrected chi connectivity index (χ1v) is 11.3. The number of nitrogens with one attached hydrogen (secondary N) is 2. The lowest BCUT2D eigenvalue weighted by atomic mass is 10.1. The first-order valence-electron chi connectivity index (χ1n) is 9.90. The maximum absolute atomic E-state index is 12.8. The normalized spacial score (nSPS) is 11.9. The van der Waals surface area contributed by atoms with Gasteiger partial charge >= 0.3 is 10.1 Å². The van der Waals surface area contributed by atoms with Gasteiger partial charge in [-0.1, -0.05) is 30.3 Å². The molecule has 0 radical (unpaired) electrons. The number of hydrogen-bond acceptors (Lipinski definition) is 7. The van der Waals surface area contributed by atoms with Gasteiger partial charge in [0.2, 0.25) is 5.09 Å². The van der Waals surface area contributed by atoms with Crippen LogP contribution < -0.4 is 15.6 Å². The predicted octanol–water partition coefficient (Wildman–Crippen LogP) is 2.51. The zero-order valence-corrected chi connectivity index (χ0v) is 19.1. The Hall–Kier alpha value is -4.22. The molecule has 176 valence electrons. The van der Waals surface area contributed by atoms with Crippen molar-refractivity contribution in [3.8, 4) is 0 Å². The Labute approximate surface area is 196 Å². The standard InChI is InChI=1S/C23H22N4O6S/c1-27(2)18-10-8-16(9-11-18)14-20(25-22(28)17-6-4-3-5-7-17)23(29)26-24-15-19-12-13-21(33-19)34(30,31)32/h3-15H,1-2H3,(H,25,28)(H,26,29)(H,30,31,32)/b20-14+,24-15-. The smallest absolute Gasteiger partial charge is 0.328 e. The van der Waals surface area contributed by atoms with Crippen LogP contribution in [-0.2, 0) is 14.9 Å². The third kappa shape index (κ3) is 6.64. The summed E-state index contributed by atoms with van der Waals surface area (Å²) in [4.78, 5) is 27.3. The highest BCUT2D eigenvalue weighted by Gasteiger charge is 2.16. The number of benzene rings is 2. The summed E-state index contributed by atoms with van der Waals surface area (Å²) in [6.45, 7) is 0. The topological polar surface area (TPSA) is 141 Å². The van der Waals surface area contributed by atoms with E-state index in [0.717, 1.165) is 18.0 Å². The van der Waals surface area contributed by atoms with Crippen LogP contribution in [0.4, 0.5) is 5.69 Å². The van der Waals surface area contributed by atoms with E-state index in [1.54, 1.807) is 42.5 Å². The van der Waals surface area contributed by atoms with Crippen molar-refractivity contribution in [1.29, 1.82) is 0 Å². The summed E-state index contributed by atoms with van der Waals surface area (Å²) in [7, 11) is -0.690. The van der Waals surface area contributed by atoms with Crippen molar-refractivity contribution in [1.82, 2.24) is 10.7 Å². The van der Waals surface area contributed by atoms with Crippen molar-refractivity contribution in [3.05, 3.63) is 89.3 Å². The Morgan fingerprint density at radius 1 is 1.00 bits per heavy atom. The molecule has 0 spiro atoms. The third-order valence-electron chi connectivity index (χ3n) is 4.46. The number of anilines is 1. The molecule has 0 bridgehead atoms. The molecule has 1 aromatic heterocycles. The van der Waals surface area contributed by atoms with Crippen LogP contribution in [0.25, 0.3) is 6.08 Å². The maximum atomic E-state index is 12.8. The molecule has 0 atom stereocenters. The molecule has 10 nitrogen and oxygen atoms in total. The van der Waals surface area contributed by atoms with Crippen LogP contribution in [0.5, 0.6) is 0 Å². The zero-order chi connectivity index (χ0) is 24.7. The van der Waals surface area contributed by atoms with Gasteiger partial charge in [-0.15, -0.1) is 0 Å². The minimum absolute atomic E-state index is 0.0222. The van der Waals surface area contributed by atoms with E-state index in [1.165, 1.54) is 12.1 Å². The highest BCUT2D eigenvalue weighted by atomic mass is 32.2. The van der Waals surface area contributed by atoms with Crippen LogP contribution in [0.3, 0.4) is 0 Å². The van der Waals surface area contributed by atoms with Gasteiger partial charge < -0.3 is 14.6 Å². The van der Waals surface area contributed by atoms with Gasteiger partial charge in [-0.3, -0.25) is 14.1 Å². The van der Waals surface area contributed by atoms with Crippen LogP contribution in [0.15, 0.2) is 87.0 Å². The van der Waals surface area contributed by atoms with Crippen molar-refractivity contribution in [2.75, 3.05) is 19.0 Å². The Bertz CT molecular complexity index is 1330. The lowest BCUT2D eigenvalue weighted by molar-refractivity contribution is -0.117. The van der Waals surface area contributed by atoms with Gasteiger partial charge in [0.15, 0.2) is 0 Å². The van der Waals surface area contributed by atoms with Gasteiger partial charge in [0, 0.05) is 25.3 Å². The van der Waals surface area contributed by atoms with Gasteiger partial charge in [0.25, 0.3) is 11.8 Å². The number of carbonyl (C=O) groups is 2. The molecule has 1 heterocycles. The zero-order valence-electron chi connectivity index (χ0n) is 18.3. The molecule has 0 saturated carbocycles. The van der Waals surface area contributed by atoms with E-state index in [9.17, 15) is 18.0 Å². The second-order valence-electron chi connectivity index (χ2n) is 7.20. The number of furan rings is 1. The Morgan fingerprint density at radius 3 is 2.26 bits per heavy atom. The molecule has 0 aliphatic carbocycles. The van der Waals surface area contributed by atoms with E-state index < -0.39 is 27.0 Å². The van der Waals surface area contributed by atoms with Crippen LogP contribution >= 0.6 is 0 Å². The van der Waals surface area contributed by atoms with Gasteiger partial charge in [-0.05, 0) is 48.0 Å². The summed E-state index contributed by atoms with van der Waals surface area (Å²) < 4.78 is 36.0. The van der Waals surface area contributed by atoms with Gasteiger partial charge in [-0.25, -0.2) is 5.43 Å². The lowest BCUT2D eigenvalue weighted by Gasteiger charge is -2.12. The average molecular weight is 483 g/mol. The molecule has 0 aliphatic heterocycles. The summed E-state index contributed by atoms with van der Waals surface area (Å²) in [5.74, 6) is -1.23. The fraction of sp³-hybridized carbons (Fsp3) is 0.0870. The van der Waals surface area contributed by atoms with Crippen molar-refractivity contribution in [3.63, 3.8) is 0 Å². The van der Waals surface area contributed by atoms with Gasteiger partial charge in [0.1, 0.15) is 11.5 Å². The lowest BCUT2D eigenvalue weighted by Crippen LogP contribution is -2.32. The van der Waals surface area contributed by atoms with Crippen LogP contribution in [-0.4, -0.2) is 45.1 Å². The number of rotatable bonds is 8. The quantitative estimate of drug-likeness (QED) is 0.194. The molecule has 0 aliphatic rings. The molecule has 0 fully saturated rings. The SMILES string of the molecule is CN(C)c1ccc(/C=C(/NC(=O)c2ccccc2)C(=O)N/N=C\c2ccc(S(=O)(=O)O)o2)cc1. The summed E-state index contributed by atoms with van der Waals surface area (Å²) in [5, 5.41) is 5.65. The number of carbonyl (C=O) groups excluding carboxylic acids is 2. The average Bonchev–Trinajstić information content (AvgIpc) is 3.29. The molecule has 3 aromatic rings. The second kappa shape index (κ2) is 10.6. The Balaban J connectivity index is 1.80. The van der Waals surface area contributed by atoms with E-state index in [2.05, 4.69) is 15.8 Å². The van der Waals surface area contributed by atoms with Gasteiger partial charge in [0.05, 0.1) is 6.21 Å². The molecule has 3 rings (SSSR count). The van der Waals surface area contributed by atoms with E-state index >= 15 is 0 Å². The largest absolute Gasteiger partial charge is 0.441 e. The van der Waals surface area contributed by atoms with Crippen molar-refractivity contribution in [2.24, 2.45) is 5.10 Å². The molecule has 2 aromatic carbocycles. The number of hydrazone groups is 1. The first kappa shape index (κ1) is 24.4. The van der Waals surface area contributed by atoms with E-state index in [1.807, 2.05) is 31.1 Å². The maximum Gasteiger partial charge on any atom is 0.328 e. The molecule has 0 saturated heterocycles. The monoisotopic (exact) mass is 482 g/mol. The number of hydrogen-bond donors (Lipinski definition) is 3. The highest BCUT2D eigenvalue weighted by Crippen LogP contribution is 2.15. The molecular formula is C23H22N4O6S. The predicted molar refractivity (Wildman–Crippen MR) is 127 cm³/mol. The molecule has 34 heavy (non-hydrogen) atoms. The number of amides is 2. The molecular weight excluding hydrogens is 460 g/mol. The Kier molecular flexibility index (Phi) is 7.61. The van der Waals surface area contributed by atoms with Crippen molar-refractivity contribution >= 4 is 39.9 Å². The van der Waals surface area contributed by atoms with Crippen molar-refractivity contribution < 1.29 is 27.0 Å². The fourth-order valence-electron chi connectivity index (χ4n) is 2.73. The molecule has 0 unspecified atom stereocenters. The summed E-state index contributed by atoms with van der Waals surface area (Å²) in [6.07, 6.45) is 2.55. The summed E-state index contributed by atoms with van der Waals surface area (Å²) >= 11 is 0. The Morgan fingerprint density at radius 2 is 1.68 bits per heavy atom. The molecule has 11 heteroatoms. The van der Waals surface area contributed by atoms with E-state index in [4.69, 9.17) is 8.97 Å². The van der Waals surface area contributed by atoms with Crippen LogP contribution in [0, 0.1) is 0 Å². The number of nitrogens with zero attached hydrogens (tertiary/aromatic N) is 2. The highest BCUT2D eigenvalue weighted by molar-refractivity contribution is 7.85. The van der Waals surface area contributed by atoms with E-state index in [0.29, 0.717) is 11.1 Å². The molecule has 3 N–H and O–H groups in total. The minimum Gasteiger partial charge on any atom is -0.441 e. The summed E-state index contributed by atoms with van der Waals surface area (Å²) in [6, 6.07) is 18.0.